The number of halogens is 1. The molecule has 1 aliphatic rings. The number of aryl methyl sites for hydroxylation is 3. The third-order valence-corrected chi connectivity index (χ3v) is 4.73. The lowest BCUT2D eigenvalue weighted by Gasteiger charge is -2.30. The zero-order chi connectivity index (χ0) is 14.4. The molecule has 0 fully saturated rings. The summed E-state index contributed by atoms with van der Waals surface area (Å²) in [4.78, 5) is 2.33. The second-order valence-corrected chi connectivity index (χ2v) is 6.64. The van der Waals surface area contributed by atoms with Gasteiger partial charge in [0.05, 0.1) is 5.69 Å². The van der Waals surface area contributed by atoms with Gasteiger partial charge >= 0.3 is 0 Å². The highest BCUT2D eigenvalue weighted by molar-refractivity contribution is 14.1. The fraction of sp³-hybridized carbons (Fsp3) is 0.400. The Kier molecular flexibility index (Phi) is 3.40. The van der Waals surface area contributed by atoms with Crippen LogP contribution in [-0.2, 0) is 13.5 Å². The maximum Gasteiger partial charge on any atom is 0.160 e. The third-order valence-electron chi connectivity index (χ3n) is 3.90. The van der Waals surface area contributed by atoms with E-state index in [1.807, 2.05) is 7.05 Å². The molecule has 0 saturated carbocycles. The second kappa shape index (κ2) is 4.95. The molecule has 0 amide bonds. The highest BCUT2D eigenvalue weighted by Gasteiger charge is 2.26. The molecule has 1 aromatic carbocycles. The number of aromatic nitrogens is 2. The molecule has 2 aromatic rings. The van der Waals surface area contributed by atoms with Gasteiger partial charge in [-0.15, -0.1) is 0 Å². The van der Waals surface area contributed by atoms with Gasteiger partial charge in [-0.05, 0) is 66.5 Å². The molecule has 0 spiro atoms. The van der Waals surface area contributed by atoms with Gasteiger partial charge < -0.3 is 10.6 Å². The Bertz CT molecular complexity index is 652. The monoisotopic (exact) mass is 382 g/mol. The van der Waals surface area contributed by atoms with Crippen molar-refractivity contribution in [1.82, 2.24) is 9.78 Å². The number of nitrogens with zero attached hydrogens (tertiary/aromatic N) is 3. The molecular formula is C15H19IN4. The van der Waals surface area contributed by atoms with Crippen LogP contribution >= 0.6 is 22.6 Å². The normalized spacial score (nSPS) is 14.5. The van der Waals surface area contributed by atoms with E-state index in [1.54, 1.807) is 4.68 Å². The summed E-state index contributed by atoms with van der Waals surface area (Å²) in [7, 11) is 1.92. The summed E-state index contributed by atoms with van der Waals surface area (Å²) in [5.74, 6) is 1.82. The number of rotatable bonds is 1. The standard InChI is InChI=1S/C15H19IN4/c1-9-7-10(2)13(12(16)8-9)20-6-4-5-11-14(17)19(3)18-15(11)20/h7-8H,4-6,17H2,1-3H3. The number of hydrogen-bond acceptors (Lipinski definition) is 3. The molecule has 0 atom stereocenters. The van der Waals surface area contributed by atoms with Crippen LogP contribution in [0.25, 0.3) is 0 Å². The molecule has 0 saturated heterocycles. The van der Waals surface area contributed by atoms with Crippen LogP contribution in [0.2, 0.25) is 0 Å². The minimum Gasteiger partial charge on any atom is -0.384 e. The maximum atomic E-state index is 6.14. The van der Waals surface area contributed by atoms with Crippen molar-refractivity contribution >= 4 is 39.9 Å². The fourth-order valence-corrected chi connectivity index (χ4v) is 4.22. The highest BCUT2D eigenvalue weighted by Crippen LogP contribution is 2.39. The molecule has 0 aliphatic carbocycles. The van der Waals surface area contributed by atoms with E-state index in [0.717, 1.165) is 31.0 Å². The molecule has 4 nitrogen and oxygen atoms in total. The molecule has 0 unspecified atom stereocenters. The molecule has 3 rings (SSSR count). The van der Waals surface area contributed by atoms with Crippen LogP contribution in [0.1, 0.15) is 23.1 Å². The van der Waals surface area contributed by atoms with E-state index in [4.69, 9.17) is 5.73 Å². The van der Waals surface area contributed by atoms with Gasteiger partial charge in [0.2, 0.25) is 0 Å². The van der Waals surface area contributed by atoms with Gasteiger partial charge in [0.1, 0.15) is 5.82 Å². The molecule has 2 heterocycles. The summed E-state index contributed by atoms with van der Waals surface area (Å²) in [5, 5.41) is 4.63. The van der Waals surface area contributed by atoms with Crippen molar-refractivity contribution < 1.29 is 0 Å². The van der Waals surface area contributed by atoms with Gasteiger partial charge in [0, 0.05) is 22.7 Å². The first-order valence-corrected chi connectivity index (χ1v) is 7.92. The number of fused-ring (bicyclic) bond motifs is 1. The van der Waals surface area contributed by atoms with Crippen molar-refractivity contribution in [2.24, 2.45) is 7.05 Å². The van der Waals surface area contributed by atoms with Crippen LogP contribution in [0.15, 0.2) is 12.1 Å². The number of nitrogen functional groups attached to an aromatic ring is 1. The Morgan fingerprint density at radius 1 is 1.30 bits per heavy atom. The topological polar surface area (TPSA) is 47.1 Å². The average Bonchev–Trinajstić information content (AvgIpc) is 2.66. The maximum absolute atomic E-state index is 6.14. The van der Waals surface area contributed by atoms with Crippen molar-refractivity contribution in [3.05, 3.63) is 32.4 Å². The second-order valence-electron chi connectivity index (χ2n) is 5.48. The molecule has 2 N–H and O–H groups in total. The van der Waals surface area contributed by atoms with Crippen molar-refractivity contribution in [3.63, 3.8) is 0 Å². The molecule has 5 heteroatoms. The van der Waals surface area contributed by atoms with Crippen LogP contribution in [0.4, 0.5) is 17.3 Å². The van der Waals surface area contributed by atoms with Crippen LogP contribution in [0.5, 0.6) is 0 Å². The van der Waals surface area contributed by atoms with E-state index in [1.165, 1.54) is 25.9 Å². The van der Waals surface area contributed by atoms with Crippen molar-refractivity contribution in [2.75, 3.05) is 17.2 Å². The van der Waals surface area contributed by atoms with Crippen molar-refractivity contribution in [3.8, 4) is 0 Å². The summed E-state index contributed by atoms with van der Waals surface area (Å²) < 4.78 is 3.07. The third kappa shape index (κ3) is 2.08. The first-order valence-electron chi connectivity index (χ1n) is 6.84. The molecule has 1 aliphatic heterocycles. The highest BCUT2D eigenvalue weighted by atomic mass is 127. The number of anilines is 3. The van der Waals surface area contributed by atoms with Crippen LogP contribution in [0.3, 0.4) is 0 Å². The van der Waals surface area contributed by atoms with Crippen molar-refractivity contribution in [2.45, 2.75) is 26.7 Å². The largest absolute Gasteiger partial charge is 0.384 e. The Morgan fingerprint density at radius 3 is 2.75 bits per heavy atom. The van der Waals surface area contributed by atoms with E-state index in [9.17, 15) is 0 Å². The predicted molar refractivity (Wildman–Crippen MR) is 91.6 cm³/mol. The van der Waals surface area contributed by atoms with Crippen LogP contribution in [0, 0.1) is 17.4 Å². The van der Waals surface area contributed by atoms with Crippen molar-refractivity contribution in [1.29, 1.82) is 0 Å². The van der Waals surface area contributed by atoms with Gasteiger partial charge in [-0.1, -0.05) is 6.07 Å². The summed E-state index contributed by atoms with van der Waals surface area (Å²) in [6, 6.07) is 4.46. The number of hydrogen-bond donors (Lipinski definition) is 1. The van der Waals surface area contributed by atoms with Gasteiger partial charge in [-0.25, -0.2) is 0 Å². The Hall–Kier alpha value is -1.24. The van der Waals surface area contributed by atoms with Crippen LogP contribution in [-0.4, -0.2) is 16.3 Å². The Morgan fingerprint density at radius 2 is 2.05 bits per heavy atom. The quantitative estimate of drug-likeness (QED) is 0.770. The lowest BCUT2D eigenvalue weighted by atomic mass is 10.0. The number of benzene rings is 1. The SMILES string of the molecule is Cc1cc(C)c(N2CCCc3c2nn(C)c3N)c(I)c1. The van der Waals surface area contributed by atoms with E-state index in [2.05, 4.69) is 58.6 Å². The van der Waals surface area contributed by atoms with E-state index in [0.29, 0.717) is 0 Å². The minimum absolute atomic E-state index is 0.796. The zero-order valence-electron chi connectivity index (χ0n) is 12.1. The molecule has 106 valence electrons. The average molecular weight is 382 g/mol. The minimum atomic E-state index is 0.796. The summed E-state index contributed by atoms with van der Waals surface area (Å²) >= 11 is 2.42. The smallest absolute Gasteiger partial charge is 0.160 e. The van der Waals surface area contributed by atoms with Gasteiger partial charge in [-0.3, -0.25) is 4.68 Å². The van der Waals surface area contributed by atoms with Crippen LogP contribution < -0.4 is 10.6 Å². The van der Waals surface area contributed by atoms with Gasteiger partial charge in [-0.2, -0.15) is 5.10 Å². The zero-order valence-corrected chi connectivity index (χ0v) is 14.2. The predicted octanol–water partition coefficient (Wildman–Crippen LogP) is 3.31. The molecule has 0 bridgehead atoms. The molecule has 20 heavy (non-hydrogen) atoms. The van der Waals surface area contributed by atoms with E-state index in [-0.39, 0.29) is 0 Å². The number of nitrogens with two attached hydrogens (primary N) is 1. The van der Waals surface area contributed by atoms with E-state index < -0.39 is 0 Å². The molecule has 0 radical (unpaired) electrons. The lowest BCUT2D eigenvalue weighted by molar-refractivity contribution is 0.742. The Balaban J connectivity index is 2.16. The van der Waals surface area contributed by atoms with Gasteiger partial charge in [0.15, 0.2) is 5.82 Å². The first kappa shape index (κ1) is 13.7. The van der Waals surface area contributed by atoms with Gasteiger partial charge in [0.25, 0.3) is 0 Å². The molecule has 1 aromatic heterocycles. The first-order chi connectivity index (χ1) is 9.49. The Labute approximate surface area is 133 Å². The summed E-state index contributed by atoms with van der Waals surface area (Å²) in [6.45, 7) is 5.31. The van der Waals surface area contributed by atoms with E-state index >= 15 is 0 Å². The summed E-state index contributed by atoms with van der Waals surface area (Å²) in [6.07, 6.45) is 2.14. The fourth-order valence-electron chi connectivity index (χ4n) is 3.01. The molecular weight excluding hydrogens is 363 g/mol. The lowest BCUT2D eigenvalue weighted by Crippen LogP contribution is -2.26. The summed E-state index contributed by atoms with van der Waals surface area (Å²) in [5.41, 5.74) is 11.2.